The molecule has 246 valence electrons. The normalized spacial score (nSPS) is 15.7. The number of aryl methyl sites for hydroxylation is 1. The van der Waals surface area contributed by atoms with E-state index in [0.717, 1.165) is 58.9 Å². The van der Waals surface area contributed by atoms with Crippen LogP contribution in [0.4, 0.5) is 13.2 Å². The first kappa shape index (κ1) is 32.5. The van der Waals surface area contributed by atoms with Gasteiger partial charge in [0.1, 0.15) is 18.6 Å². The molecule has 0 N–H and O–H groups in total. The summed E-state index contributed by atoms with van der Waals surface area (Å²) in [5, 5.41) is 4.83. The highest BCUT2D eigenvalue weighted by Crippen LogP contribution is 2.33. The number of ether oxygens (including phenoxy) is 2. The number of morpholine rings is 1. The molecule has 10 nitrogen and oxygen atoms in total. The number of alkyl halides is 3. The number of rotatable bonds is 9. The third-order valence-electron chi connectivity index (χ3n) is 8.21. The van der Waals surface area contributed by atoms with Gasteiger partial charge >= 0.3 is 11.9 Å². The minimum absolute atomic E-state index is 0.0929. The maximum Gasteiger partial charge on any atom is 0.406 e. The summed E-state index contributed by atoms with van der Waals surface area (Å²) in [6.07, 6.45) is -0.252. The molecule has 2 aromatic carbocycles. The molecule has 14 heteroatoms. The highest BCUT2D eigenvalue weighted by molar-refractivity contribution is 6.31. The molecule has 0 aliphatic carbocycles. The second kappa shape index (κ2) is 13.3. The number of fused-ring (bicyclic) bond motifs is 1. The van der Waals surface area contributed by atoms with Crippen LogP contribution in [0.2, 0.25) is 5.02 Å². The van der Waals surface area contributed by atoms with Gasteiger partial charge in [0.25, 0.3) is 5.56 Å². The largest absolute Gasteiger partial charge is 0.497 e. The Labute approximate surface area is 272 Å². The van der Waals surface area contributed by atoms with Crippen LogP contribution < -0.4 is 16.0 Å². The van der Waals surface area contributed by atoms with Crippen LogP contribution in [-0.4, -0.2) is 67.7 Å². The van der Waals surface area contributed by atoms with Gasteiger partial charge in [-0.2, -0.15) is 18.3 Å². The molecular weight excluding hydrogens is 637 g/mol. The first-order chi connectivity index (χ1) is 22.5. The maximum atomic E-state index is 13.0. The van der Waals surface area contributed by atoms with E-state index in [1.807, 2.05) is 31.2 Å². The highest BCUT2D eigenvalue weighted by Gasteiger charge is 2.29. The average molecular weight is 669 g/mol. The van der Waals surface area contributed by atoms with E-state index < -0.39 is 24.0 Å². The van der Waals surface area contributed by atoms with E-state index in [-0.39, 0.29) is 12.6 Å². The van der Waals surface area contributed by atoms with Gasteiger partial charge in [-0.15, -0.1) is 0 Å². The Morgan fingerprint density at radius 1 is 1.06 bits per heavy atom. The Morgan fingerprint density at radius 3 is 2.60 bits per heavy atom. The topological polar surface area (TPSA) is 95.9 Å². The molecule has 0 bridgehead atoms. The average Bonchev–Trinajstić information content (AvgIpc) is 3.45. The fourth-order valence-corrected chi connectivity index (χ4v) is 6.27. The molecule has 47 heavy (non-hydrogen) atoms. The van der Waals surface area contributed by atoms with Crippen molar-refractivity contribution in [2.75, 3.05) is 26.8 Å². The summed E-state index contributed by atoms with van der Waals surface area (Å²) >= 11 is 6.56. The maximum absolute atomic E-state index is 13.0. The van der Waals surface area contributed by atoms with E-state index in [9.17, 15) is 22.8 Å². The Kier molecular flexibility index (Phi) is 9.22. The molecule has 6 rings (SSSR count). The monoisotopic (exact) mass is 668 g/mol. The molecular formula is C33H32ClF3N6O4. The summed E-state index contributed by atoms with van der Waals surface area (Å²) in [5.74, 6) is 0.812. The van der Waals surface area contributed by atoms with Crippen molar-refractivity contribution in [2.24, 2.45) is 0 Å². The Balaban J connectivity index is 1.29. The second-order valence-corrected chi connectivity index (χ2v) is 12.0. The first-order valence-electron chi connectivity index (χ1n) is 14.9. The summed E-state index contributed by atoms with van der Waals surface area (Å²) in [7, 11) is 1.64. The lowest BCUT2D eigenvalue weighted by molar-refractivity contribution is -0.141. The van der Waals surface area contributed by atoms with E-state index in [1.54, 1.807) is 23.9 Å². The SMILES string of the molecule is COc1ccc(CN2CCOC(Cc3c(C)cc(Cl)cc3-c3ncnn4cc(Cn5c(=O)ccn(CC(F)(F)F)c5=O)cc34)C2)cc1. The van der Waals surface area contributed by atoms with Crippen molar-refractivity contribution in [3.8, 4) is 17.0 Å². The summed E-state index contributed by atoms with van der Waals surface area (Å²) in [6.45, 7) is 3.13. The molecule has 0 radical (unpaired) electrons. The van der Waals surface area contributed by atoms with Gasteiger partial charge in [0, 0.05) is 55.1 Å². The van der Waals surface area contributed by atoms with E-state index in [1.165, 1.54) is 11.9 Å². The number of nitrogens with zero attached hydrogens (tertiary/aromatic N) is 6. The fourth-order valence-electron chi connectivity index (χ4n) is 6.00. The smallest absolute Gasteiger partial charge is 0.406 e. The molecule has 5 aromatic rings. The Bertz CT molecular complexity index is 2020. The molecule has 0 amide bonds. The fraction of sp³-hybridized carbons (Fsp3) is 0.333. The lowest BCUT2D eigenvalue weighted by Crippen LogP contribution is -2.43. The molecule has 1 fully saturated rings. The first-order valence-corrected chi connectivity index (χ1v) is 15.3. The lowest BCUT2D eigenvalue weighted by Gasteiger charge is -2.33. The van der Waals surface area contributed by atoms with Crippen molar-refractivity contribution in [1.29, 1.82) is 0 Å². The minimum Gasteiger partial charge on any atom is -0.497 e. The highest BCUT2D eigenvalue weighted by atomic mass is 35.5. The van der Waals surface area contributed by atoms with Crippen molar-refractivity contribution < 1.29 is 22.6 Å². The molecule has 1 saturated heterocycles. The van der Waals surface area contributed by atoms with E-state index in [4.69, 9.17) is 21.1 Å². The number of benzene rings is 2. The Morgan fingerprint density at radius 2 is 1.85 bits per heavy atom. The summed E-state index contributed by atoms with van der Waals surface area (Å²) in [4.78, 5) is 32.3. The van der Waals surface area contributed by atoms with Gasteiger partial charge in [0.15, 0.2) is 0 Å². The second-order valence-electron chi connectivity index (χ2n) is 11.6. The zero-order valence-corrected chi connectivity index (χ0v) is 26.5. The van der Waals surface area contributed by atoms with Gasteiger partial charge in [0.05, 0.1) is 37.6 Å². The van der Waals surface area contributed by atoms with Crippen LogP contribution in [-0.2, 0) is 30.8 Å². The van der Waals surface area contributed by atoms with Gasteiger partial charge in [0.2, 0.25) is 0 Å². The number of methoxy groups -OCH3 is 1. The molecule has 1 aliphatic heterocycles. The van der Waals surface area contributed by atoms with Crippen molar-refractivity contribution in [1.82, 2.24) is 28.6 Å². The molecule has 3 aromatic heterocycles. The van der Waals surface area contributed by atoms with Crippen LogP contribution in [0.15, 0.2) is 76.8 Å². The van der Waals surface area contributed by atoms with Crippen LogP contribution in [0.25, 0.3) is 16.8 Å². The van der Waals surface area contributed by atoms with Gasteiger partial charge < -0.3 is 9.47 Å². The van der Waals surface area contributed by atoms with Crippen LogP contribution in [0.5, 0.6) is 5.75 Å². The van der Waals surface area contributed by atoms with E-state index >= 15 is 0 Å². The van der Waals surface area contributed by atoms with Gasteiger partial charge in [-0.1, -0.05) is 23.7 Å². The zero-order valence-electron chi connectivity index (χ0n) is 25.7. The number of hydrogen-bond acceptors (Lipinski definition) is 7. The Hall–Kier alpha value is -4.46. The number of aromatic nitrogens is 5. The quantitative estimate of drug-likeness (QED) is 0.224. The van der Waals surface area contributed by atoms with Crippen LogP contribution in [0.3, 0.4) is 0 Å². The van der Waals surface area contributed by atoms with Crippen LogP contribution in [0.1, 0.15) is 22.3 Å². The van der Waals surface area contributed by atoms with Crippen molar-refractivity contribution in [2.45, 2.75) is 45.3 Å². The summed E-state index contributed by atoms with van der Waals surface area (Å²) < 4.78 is 53.3. The van der Waals surface area contributed by atoms with Gasteiger partial charge in [-0.05, 0) is 59.5 Å². The predicted octanol–water partition coefficient (Wildman–Crippen LogP) is 4.74. The molecule has 1 aliphatic rings. The standard InChI is InChI=1S/C33H32ClF3N6O4/c1-21-11-24(34)13-28(27(21)14-26-18-40(9-10-47-26)15-22-3-5-25(46-2)6-4-22)31-29-12-23(17-43(29)39-20-38-31)16-42-30(44)7-8-41(32(42)45)19-33(35,36)37/h3-8,11-13,17,20,26H,9-10,14-16,18-19H2,1-2H3. The van der Waals surface area contributed by atoms with Crippen molar-refractivity contribution in [3.63, 3.8) is 0 Å². The lowest BCUT2D eigenvalue weighted by atomic mass is 9.93. The molecule has 0 spiro atoms. The van der Waals surface area contributed by atoms with E-state index in [2.05, 4.69) is 27.1 Å². The van der Waals surface area contributed by atoms with E-state index in [0.29, 0.717) is 39.4 Å². The zero-order chi connectivity index (χ0) is 33.3. The third-order valence-corrected chi connectivity index (χ3v) is 8.42. The minimum atomic E-state index is -4.62. The third kappa shape index (κ3) is 7.42. The number of halogens is 4. The van der Waals surface area contributed by atoms with Crippen LogP contribution in [0, 0.1) is 6.92 Å². The van der Waals surface area contributed by atoms with Crippen molar-refractivity contribution >= 4 is 17.1 Å². The molecule has 1 unspecified atom stereocenters. The predicted molar refractivity (Wildman–Crippen MR) is 170 cm³/mol. The van der Waals surface area contributed by atoms with Crippen molar-refractivity contribution in [3.05, 3.63) is 115 Å². The van der Waals surface area contributed by atoms with Crippen LogP contribution >= 0.6 is 11.6 Å². The summed E-state index contributed by atoms with van der Waals surface area (Å²) in [6, 6.07) is 14.4. The summed E-state index contributed by atoms with van der Waals surface area (Å²) in [5.41, 5.74) is 3.81. The molecule has 4 heterocycles. The van der Waals surface area contributed by atoms with Gasteiger partial charge in [-0.25, -0.2) is 14.3 Å². The molecule has 0 saturated carbocycles. The molecule has 1 atom stereocenters. The number of hydrogen-bond donors (Lipinski definition) is 0. The van der Waals surface area contributed by atoms with Gasteiger partial charge in [-0.3, -0.25) is 18.8 Å².